The normalized spacial score (nSPS) is 12.4. The molecule has 0 aliphatic heterocycles. The summed E-state index contributed by atoms with van der Waals surface area (Å²) < 4.78 is 61.7. The van der Waals surface area contributed by atoms with E-state index in [-0.39, 0.29) is 22.3 Å². The first-order chi connectivity index (χ1) is 17.5. The predicted octanol–water partition coefficient (Wildman–Crippen LogP) is 6.95. The molecular weight excluding hydrogens is 545 g/mol. The molecule has 0 amide bonds. The molecule has 37 heavy (non-hydrogen) atoms. The number of imidazole rings is 1. The average molecular weight is 567 g/mol. The van der Waals surface area contributed by atoms with Crippen LogP contribution in [0.2, 0.25) is 10.0 Å². The zero-order valence-corrected chi connectivity index (χ0v) is 22.3. The summed E-state index contributed by atoms with van der Waals surface area (Å²) in [4.78, 5) is 4.33. The number of hydrogen-bond acceptors (Lipinski definition) is 4. The van der Waals surface area contributed by atoms with Crippen LogP contribution in [0.3, 0.4) is 0 Å². The molecule has 1 N–H and O–H groups in total. The van der Waals surface area contributed by atoms with Gasteiger partial charge in [-0.2, -0.15) is 0 Å². The van der Waals surface area contributed by atoms with Crippen molar-refractivity contribution in [2.24, 2.45) is 0 Å². The second kappa shape index (κ2) is 10.8. The average Bonchev–Trinajstić information content (AvgIpc) is 3.28. The Bertz CT molecular complexity index is 1450. The van der Waals surface area contributed by atoms with Crippen LogP contribution in [-0.2, 0) is 23.1 Å². The lowest BCUT2D eigenvalue weighted by molar-refractivity contribution is 0.278. The summed E-state index contributed by atoms with van der Waals surface area (Å²) >= 11 is 9.94. The van der Waals surface area contributed by atoms with Gasteiger partial charge in [-0.05, 0) is 54.1 Å². The number of nitrogens with zero attached hydrogens (tertiary/aromatic N) is 2. The van der Waals surface area contributed by atoms with E-state index in [0.717, 1.165) is 23.4 Å². The molecule has 6 nitrogen and oxygen atoms in total. The van der Waals surface area contributed by atoms with Gasteiger partial charge in [0.25, 0.3) is 0 Å². The Hall–Kier alpha value is -2.98. The van der Waals surface area contributed by atoms with Crippen molar-refractivity contribution in [3.8, 4) is 17.2 Å². The molecule has 1 aromatic heterocycles. The largest absolute Gasteiger partial charge is 0.495 e. The topological polar surface area (TPSA) is 73.6 Å². The van der Waals surface area contributed by atoms with E-state index in [9.17, 15) is 17.5 Å². The molecule has 4 rings (SSSR count). The molecule has 1 unspecified atom stereocenters. The van der Waals surface area contributed by atoms with Crippen LogP contribution in [0.15, 0.2) is 65.7 Å². The number of ether oxygens (including phenoxy) is 2. The molecule has 0 bridgehead atoms. The zero-order chi connectivity index (χ0) is 26.9. The van der Waals surface area contributed by atoms with Crippen molar-refractivity contribution in [1.29, 1.82) is 0 Å². The summed E-state index contributed by atoms with van der Waals surface area (Å²) in [5.74, 6) is -0.673. The van der Waals surface area contributed by atoms with E-state index in [1.54, 1.807) is 29.0 Å². The van der Waals surface area contributed by atoms with Gasteiger partial charge in [0.15, 0.2) is 28.5 Å². The van der Waals surface area contributed by atoms with Gasteiger partial charge < -0.3 is 14.0 Å². The lowest BCUT2D eigenvalue weighted by Gasteiger charge is -2.28. The van der Waals surface area contributed by atoms with Crippen LogP contribution in [0.25, 0.3) is 5.69 Å². The van der Waals surface area contributed by atoms with Crippen molar-refractivity contribution in [2.45, 2.75) is 30.8 Å². The van der Waals surface area contributed by atoms with E-state index in [4.69, 9.17) is 32.7 Å². The summed E-state index contributed by atoms with van der Waals surface area (Å²) in [7, 11) is 1.53. The Morgan fingerprint density at radius 3 is 2.38 bits per heavy atom. The zero-order valence-electron chi connectivity index (χ0n) is 20.0. The molecule has 4 aromatic rings. The number of rotatable bonds is 8. The molecule has 1 atom stereocenters. The van der Waals surface area contributed by atoms with Crippen LogP contribution in [0, 0.1) is 11.6 Å². The van der Waals surface area contributed by atoms with Crippen LogP contribution in [0.4, 0.5) is 8.78 Å². The molecule has 11 heteroatoms. The minimum Gasteiger partial charge on any atom is -0.495 e. The maximum atomic E-state index is 14.6. The van der Waals surface area contributed by atoms with Gasteiger partial charge in [-0.25, -0.2) is 18.0 Å². The molecule has 0 radical (unpaired) electrons. The molecule has 0 aliphatic rings. The third kappa shape index (κ3) is 5.50. The smallest absolute Gasteiger partial charge is 0.186 e. The molecular formula is C26H22Cl2F2N2O4S. The highest BCUT2D eigenvalue weighted by Gasteiger charge is 2.30. The summed E-state index contributed by atoms with van der Waals surface area (Å²) in [6, 6.07) is 13.3. The number of halogens is 4. The lowest BCUT2D eigenvalue weighted by Crippen LogP contribution is -2.24. The van der Waals surface area contributed by atoms with Crippen molar-refractivity contribution >= 4 is 34.3 Å². The van der Waals surface area contributed by atoms with Gasteiger partial charge >= 0.3 is 0 Å². The Labute approximate surface area is 225 Å². The lowest BCUT2D eigenvalue weighted by atomic mass is 9.81. The van der Waals surface area contributed by atoms with E-state index in [2.05, 4.69) is 4.98 Å². The third-order valence-corrected chi connectivity index (χ3v) is 7.18. The predicted molar refractivity (Wildman–Crippen MR) is 138 cm³/mol. The molecule has 3 aromatic carbocycles. The van der Waals surface area contributed by atoms with Crippen molar-refractivity contribution in [2.75, 3.05) is 7.11 Å². The first kappa shape index (κ1) is 27.1. The van der Waals surface area contributed by atoms with Gasteiger partial charge in [0.1, 0.15) is 18.2 Å². The maximum absolute atomic E-state index is 14.6. The SMILES string of the molecule is COc1cc(C(C)(C)c2cnc(COc3c(F)cc(S(=O)O)cc3Cl)n2-c2ccc(F)cc2)ccc1Cl. The van der Waals surface area contributed by atoms with Crippen molar-refractivity contribution in [1.82, 2.24) is 9.55 Å². The Morgan fingerprint density at radius 1 is 1.05 bits per heavy atom. The van der Waals surface area contributed by atoms with Gasteiger partial charge in [0.2, 0.25) is 0 Å². The fraction of sp³-hybridized carbons (Fsp3) is 0.192. The summed E-state index contributed by atoms with van der Waals surface area (Å²) in [5.41, 5.74) is 1.60. The van der Waals surface area contributed by atoms with Gasteiger partial charge in [-0.15, -0.1) is 0 Å². The molecule has 1 heterocycles. The highest BCUT2D eigenvalue weighted by Crippen LogP contribution is 2.38. The fourth-order valence-corrected chi connectivity index (χ4v) is 4.86. The molecule has 0 fully saturated rings. The maximum Gasteiger partial charge on any atom is 0.186 e. The Kier molecular flexibility index (Phi) is 7.89. The van der Waals surface area contributed by atoms with E-state index in [0.29, 0.717) is 22.3 Å². The van der Waals surface area contributed by atoms with E-state index in [1.165, 1.54) is 19.2 Å². The number of benzene rings is 3. The molecule has 0 aliphatic carbocycles. The minimum absolute atomic E-state index is 0.161. The van der Waals surface area contributed by atoms with Crippen molar-refractivity contribution in [3.05, 3.63) is 99.6 Å². The van der Waals surface area contributed by atoms with Crippen LogP contribution >= 0.6 is 23.2 Å². The molecule has 194 valence electrons. The van der Waals surface area contributed by atoms with Gasteiger partial charge in [0, 0.05) is 17.3 Å². The van der Waals surface area contributed by atoms with Gasteiger partial charge in [-0.3, -0.25) is 4.57 Å². The third-order valence-electron chi connectivity index (χ3n) is 5.95. The van der Waals surface area contributed by atoms with E-state index < -0.39 is 28.1 Å². The summed E-state index contributed by atoms with van der Waals surface area (Å²) in [6.07, 6.45) is 1.67. The second-order valence-corrected chi connectivity index (χ2v) is 10.4. The minimum atomic E-state index is -2.40. The number of hydrogen-bond donors (Lipinski definition) is 1. The van der Waals surface area contributed by atoms with Crippen LogP contribution < -0.4 is 9.47 Å². The van der Waals surface area contributed by atoms with Crippen LogP contribution in [0.5, 0.6) is 11.5 Å². The molecule has 0 spiro atoms. The van der Waals surface area contributed by atoms with Gasteiger partial charge in [0.05, 0.1) is 27.7 Å². The second-order valence-electron chi connectivity index (χ2n) is 8.60. The first-order valence-corrected chi connectivity index (χ1v) is 12.8. The highest BCUT2D eigenvalue weighted by atomic mass is 35.5. The molecule has 0 saturated carbocycles. The monoisotopic (exact) mass is 566 g/mol. The Balaban J connectivity index is 1.78. The first-order valence-electron chi connectivity index (χ1n) is 10.9. The molecule has 0 saturated heterocycles. The van der Waals surface area contributed by atoms with Crippen molar-refractivity contribution < 1.29 is 27.0 Å². The quantitative estimate of drug-likeness (QED) is 0.233. The van der Waals surface area contributed by atoms with E-state index >= 15 is 0 Å². The Morgan fingerprint density at radius 2 is 1.76 bits per heavy atom. The highest BCUT2D eigenvalue weighted by molar-refractivity contribution is 7.79. The van der Waals surface area contributed by atoms with E-state index in [1.807, 2.05) is 26.0 Å². The number of aromatic nitrogens is 2. The fourth-order valence-electron chi connectivity index (χ4n) is 3.92. The van der Waals surface area contributed by atoms with Crippen LogP contribution in [0.1, 0.15) is 30.9 Å². The number of methoxy groups -OCH3 is 1. The van der Waals surface area contributed by atoms with Crippen molar-refractivity contribution in [3.63, 3.8) is 0 Å². The standard InChI is InChI=1S/C26H22Cl2F2N2O4S/c1-26(2,15-4-9-19(27)22(10-15)35-3)23-13-31-24(32(23)17-7-5-16(29)6-8-17)14-36-25-20(28)11-18(37(33)34)12-21(25)30/h4-13H,14H2,1-3H3,(H,33,34). The summed E-state index contributed by atoms with van der Waals surface area (Å²) in [5, 5.41) is 0.309. The van der Waals surface area contributed by atoms with Gasteiger partial charge in [-0.1, -0.05) is 43.1 Å². The summed E-state index contributed by atoms with van der Waals surface area (Å²) in [6.45, 7) is 3.78. The van der Waals surface area contributed by atoms with Crippen LogP contribution in [-0.4, -0.2) is 25.4 Å².